The predicted molar refractivity (Wildman–Crippen MR) is 113 cm³/mol. The van der Waals surface area contributed by atoms with Crippen molar-refractivity contribution in [3.8, 4) is 11.5 Å². The van der Waals surface area contributed by atoms with Gasteiger partial charge in [-0.2, -0.15) is 0 Å². The van der Waals surface area contributed by atoms with Crippen LogP contribution in [0.1, 0.15) is 39.2 Å². The smallest absolute Gasteiger partial charge is 0.191 e. The molecule has 0 aliphatic carbocycles. The van der Waals surface area contributed by atoms with Crippen LogP contribution < -0.4 is 15.4 Å². The van der Waals surface area contributed by atoms with Crippen LogP contribution in [0.25, 0.3) is 0 Å². The van der Waals surface area contributed by atoms with Crippen molar-refractivity contribution in [2.75, 3.05) is 39.9 Å². The summed E-state index contributed by atoms with van der Waals surface area (Å²) in [5.74, 6) is 1.73. The highest BCUT2D eigenvalue weighted by Crippen LogP contribution is 2.23. The standard InChI is InChI=1S/C21H36N4O3/c1-5-22-21(23-15-17-14-19(27-4)6-7-20(17)26)24-18-8-10-25(11-9-18)12-13-28-16(2)3/h6-7,14,16,18,26H,5,8-13,15H2,1-4H3,(H2,22,23,24). The molecule has 0 unspecified atom stereocenters. The van der Waals surface area contributed by atoms with Crippen LogP contribution in [0.15, 0.2) is 23.2 Å². The topological polar surface area (TPSA) is 78.4 Å². The first-order valence-electron chi connectivity index (χ1n) is 10.3. The van der Waals surface area contributed by atoms with E-state index >= 15 is 0 Å². The number of hydrogen-bond acceptors (Lipinski definition) is 5. The van der Waals surface area contributed by atoms with Crippen LogP contribution >= 0.6 is 0 Å². The van der Waals surface area contributed by atoms with Gasteiger partial charge in [0.2, 0.25) is 0 Å². The Kier molecular flexibility index (Phi) is 9.37. The molecule has 1 saturated heterocycles. The van der Waals surface area contributed by atoms with Gasteiger partial charge in [-0.1, -0.05) is 0 Å². The molecule has 0 saturated carbocycles. The second-order valence-electron chi connectivity index (χ2n) is 7.37. The van der Waals surface area contributed by atoms with Gasteiger partial charge in [-0.15, -0.1) is 0 Å². The molecule has 1 aliphatic rings. The molecule has 1 aromatic rings. The van der Waals surface area contributed by atoms with Gasteiger partial charge in [0.05, 0.1) is 26.4 Å². The third-order valence-corrected chi connectivity index (χ3v) is 4.83. The lowest BCUT2D eigenvalue weighted by molar-refractivity contribution is 0.0532. The number of likely N-dealkylation sites (tertiary alicyclic amines) is 1. The maximum atomic E-state index is 10.0. The Hall–Kier alpha value is -1.99. The number of hydrogen-bond donors (Lipinski definition) is 3. The molecule has 0 spiro atoms. The van der Waals surface area contributed by atoms with Gasteiger partial charge in [-0.25, -0.2) is 4.99 Å². The minimum Gasteiger partial charge on any atom is -0.508 e. The fraction of sp³-hybridized carbons (Fsp3) is 0.667. The number of rotatable bonds is 9. The van der Waals surface area contributed by atoms with Gasteiger partial charge >= 0.3 is 0 Å². The molecule has 2 rings (SSSR count). The van der Waals surface area contributed by atoms with Gasteiger partial charge < -0.3 is 30.1 Å². The highest BCUT2D eigenvalue weighted by atomic mass is 16.5. The van der Waals surface area contributed by atoms with Gasteiger partial charge in [0, 0.05) is 37.8 Å². The van der Waals surface area contributed by atoms with Gasteiger partial charge in [-0.05, 0) is 51.8 Å². The summed E-state index contributed by atoms with van der Waals surface area (Å²) in [4.78, 5) is 7.10. The van der Waals surface area contributed by atoms with Crippen molar-refractivity contribution in [1.29, 1.82) is 0 Å². The highest BCUT2D eigenvalue weighted by Gasteiger charge is 2.19. The van der Waals surface area contributed by atoms with Crippen LogP contribution in [0.4, 0.5) is 0 Å². The lowest BCUT2D eigenvalue weighted by Gasteiger charge is -2.33. The van der Waals surface area contributed by atoms with E-state index in [1.165, 1.54) is 0 Å². The number of aliphatic imine (C=N–C) groups is 1. The zero-order valence-electron chi connectivity index (χ0n) is 17.7. The molecule has 1 heterocycles. The van der Waals surface area contributed by atoms with Gasteiger partial charge in [0.25, 0.3) is 0 Å². The van der Waals surface area contributed by atoms with Crippen molar-refractivity contribution in [1.82, 2.24) is 15.5 Å². The molecule has 0 radical (unpaired) electrons. The SMILES string of the molecule is CCNC(=NCc1cc(OC)ccc1O)NC1CCN(CCOC(C)C)CC1. The quantitative estimate of drug-likeness (QED) is 0.442. The summed E-state index contributed by atoms with van der Waals surface area (Å²) < 4.78 is 10.9. The third-order valence-electron chi connectivity index (χ3n) is 4.83. The zero-order chi connectivity index (χ0) is 20.4. The third kappa shape index (κ3) is 7.56. The molecule has 158 valence electrons. The zero-order valence-corrected chi connectivity index (χ0v) is 17.7. The Morgan fingerprint density at radius 3 is 2.71 bits per heavy atom. The fourth-order valence-corrected chi connectivity index (χ4v) is 3.21. The second kappa shape index (κ2) is 11.8. The van der Waals surface area contributed by atoms with E-state index < -0.39 is 0 Å². The van der Waals surface area contributed by atoms with E-state index in [0.29, 0.717) is 18.7 Å². The molecule has 0 aromatic heterocycles. The summed E-state index contributed by atoms with van der Waals surface area (Å²) in [6.45, 7) is 11.3. The summed E-state index contributed by atoms with van der Waals surface area (Å²) in [6, 6.07) is 5.61. The number of benzene rings is 1. The lowest BCUT2D eigenvalue weighted by atomic mass is 10.1. The molecule has 3 N–H and O–H groups in total. The molecule has 0 atom stereocenters. The van der Waals surface area contributed by atoms with Crippen molar-refractivity contribution in [2.45, 2.75) is 52.3 Å². The average Bonchev–Trinajstić information content (AvgIpc) is 2.68. The minimum atomic E-state index is 0.234. The number of piperidine rings is 1. The van der Waals surface area contributed by atoms with Crippen LogP contribution in [0.5, 0.6) is 11.5 Å². The van der Waals surface area contributed by atoms with Crippen molar-refractivity contribution in [3.05, 3.63) is 23.8 Å². The number of guanidine groups is 1. The molecule has 0 bridgehead atoms. The van der Waals surface area contributed by atoms with E-state index in [4.69, 9.17) is 9.47 Å². The van der Waals surface area contributed by atoms with E-state index in [1.807, 2.05) is 6.07 Å². The Morgan fingerprint density at radius 1 is 1.32 bits per heavy atom. The van der Waals surface area contributed by atoms with E-state index in [-0.39, 0.29) is 5.75 Å². The van der Waals surface area contributed by atoms with Crippen LogP contribution in [0.2, 0.25) is 0 Å². The minimum absolute atomic E-state index is 0.234. The normalized spacial score (nSPS) is 16.4. The first-order chi connectivity index (χ1) is 13.5. The molecule has 1 aromatic carbocycles. The number of nitrogens with zero attached hydrogens (tertiary/aromatic N) is 2. The Labute approximate surface area is 169 Å². The predicted octanol–water partition coefficient (Wildman–Crippen LogP) is 2.35. The molecular formula is C21H36N4O3. The van der Waals surface area contributed by atoms with Gasteiger partial charge in [0.1, 0.15) is 11.5 Å². The molecule has 7 nitrogen and oxygen atoms in total. The monoisotopic (exact) mass is 392 g/mol. The summed E-state index contributed by atoms with van der Waals surface area (Å²) >= 11 is 0. The summed E-state index contributed by atoms with van der Waals surface area (Å²) in [7, 11) is 1.62. The fourth-order valence-electron chi connectivity index (χ4n) is 3.21. The van der Waals surface area contributed by atoms with Crippen molar-refractivity contribution in [2.24, 2.45) is 4.99 Å². The van der Waals surface area contributed by atoms with E-state index in [2.05, 4.69) is 41.3 Å². The number of aromatic hydroxyl groups is 1. The Bertz CT molecular complexity index is 614. The van der Waals surface area contributed by atoms with Crippen molar-refractivity contribution in [3.63, 3.8) is 0 Å². The van der Waals surface area contributed by atoms with Crippen LogP contribution in [0.3, 0.4) is 0 Å². The first-order valence-corrected chi connectivity index (χ1v) is 10.3. The van der Waals surface area contributed by atoms with Gasteiger partial charge in [-0.3, -0.25) is 0 Å². The first kappa shape index (κ1) is 22.3. The number of phenolic OH excluding ortho intramolecular Hbond substituents is 1. The molecule has 1 fully saturated rings. The Balaban J connectivity index is 1.85. The summed E-state index contributed by atoms with van der Waals surface area (Å²) in [6.07, 6.45) is 2.45. The van der Waals surface area contributed by atoms with Crippen LogP contribution in [0, 0.1) is 0 Å². The summed E-state index contributed by atoms with van der Waals surface area (Å²) in [5.41, 5.74) is 0.747. The maximum Gasteiger partial charge on any atom is 0.191 e. The van der Waals surface area contributed by atoms with E-state index in [0.717, 1.165) is 62.9 Å². The van der Waals surface area contributed by atoms with Crippen LogP contribution in [-0.4, -0.2) is 68.0 Å². The number of ether oxygens (including phenoxy) is 2. The Morgan fingerprint density at radius 2 is 2.07 bits per heavy atom. The van der Waals surface area contributed by atoms with E-state index in [9.17, 15) is 5.11 Å². The van der Waals surface area contributed by atoms with Crippen molar-refractivity contribution >= 4 is 5.96 Å². The second-order valence-corrected chi connectivity index (χ2v) is 7.37. The highest BCUT2D eigenvalue weighted by molar-refractivity contribution is 5.80. The number of phenols is 1. The number of methoxy groups -OCH3 is 1. The molecule has 1 aliphatic heterocycles. The molecular weight excluding hydrogens is 356 g/mol. The summed E-state index contributed by atoms with van der Waals surface area (Å²) in [5, 5.41) is 16.9. The molecule has 7 heteroatoms. The van der Waals surface area contributed by atoms with Gasteiger partial charge in [0.15, 0.2) is 5.96 Å². The average molecular weight is 393 g/mol. The van der Waals surface area contributed by atoms with Crippen molar-refractivity contribution < 1.29 is 14.6 Å². The molecule has 28 heavy (non-hydrogen) atoms. The van der Waals surface area contributed by atoms with Crippen LogP contribution in [-0.2, 0) is 11.3 Å². The lowest BCUT2D eigenvalue weighted by Crippen LogP contribution is -2.49. The number of nitrogens with one attached hydrogen (secondary N) is 2. The molecule has 0 amide bonds. The maximum absolute atomic E-state index is 10.0. The van der Waals surface area contributed by atoms with E-state index in [1.54, 1.807) is 19.2 Å². The largest absolute Gasteiger partial charge is 0.508 e.